The van der Waals surface area contributed by atoms with E-state index in [9.17, 15) is 0 Å². The molecule has 1 fully saturated rings. The first kappa shape index (κ1) is 20.0. The van der Waals surface area contributed by atoms with Crippen LogP contribution in [0.5, 0.6) is 5.75 Å². The first-order chi connectivity index (χ1) is 10.6. The lowest BCUT2D eigenvalue weighted by Crippen LogP contribution is -2.36. The molecule has 0 aromatic heterocycles. The Labute approximate surface area is 156 Å². The SMILES string of the molecule is CCNC(=NCc1ccc(C)cc1OC1CCOC1)N(C)C.I. The minimum atomic E-state index is 0. The predicted octanol–water partition coefficient (Wildman–Crippen LogP) is 2.81. The van der Waals surface area contributed by atoms with Gasteiger partial charge in [-0.2, -0.15) is 0 Å². The van der Waals surface area contributed by atoms with Crippen LogP contribution in [0.3, 0.4) is 0 Å². The first-order valence-electron chi connectivity index (χ1n) is 7.89. The van der Waals surface area contributed by atoms with Gasteiger partial charge < -0.3 is 19.7 Å². The molecule has 0 spiro atoms. The van der Waals surface area contributed by atoms with Crippen molar-refractivity contribution in [2.75, 3.05) is 33.9 Å². The first-order valence-corrected chi connectivity index (χ1v) is 7.89. The lowest BCUT2D eigenvalue weighted by molar-refractivity contribution is 0.140. The smallest absolute Gasteiger partial charge is 0.193 e. The molecular formula is C17H28IN3O2. The summed E-state index contributed by atoms with van der Waals surface area (Å²) in [6.07, 6.45) is 1.11. The summed E-state index contributed by atoms with van der Waals surface area (Å²) in [7, 11) is 3.98. The number of benzene rings is 1. The van der Waals surface area contributed by atoms with Gasteiger partial charge in [0.1, 0.15) is 11.9 Å². The second kappa shape index (κ2) is 9.97. The Morgan fingerprint density at radius 3 is 2.83 bits per heavy atom. The summed E-state index contributed by atoms with van der Waals surface area (Å²) >= 11 is 0. The Balaban J connectivity index is 0.00000264. The normalized spacial score (nSPS) is 17.6. The molecule has 1 atom stereocenters. The Kier molecular flexibility index (Phi) is 8.68. The van der Waals surface area contributed by atoms with Gasteiger partial charge in [0.25, 0.3) is 0 Å². The van der Waals surface area contributed by atoms with E-state index in [4.69, 9.17) is 9.47 Å². The number of rotatable bonds is 5. The molecule has 1 aliphatic heterocycles. The topological polar surface area (TPSA) is 46.1 Å². The third kappa shape index (κ3) is 6.18. The highest BCUT2D eigenvalue weighted by Crippen LogP contribution is 2.24. The van der Waals surface area contributed by atoms with Crippen LogP contribution < -0.4 is 10.1 Å². The zero-order valence-electron chi connectivity index (χ0n) is 14.5. The standard InChI is InChI=1S/C17H27N3O2.HI/c1-5-18-17(20(3)4)19-11-14-7-6-13(2)10-16(14)22-15-8-9-21-12-15;/h6-7,10,15H,5,8-9,11-12H2,1-4H3,(H,18,19);1H. The third-order valence-electron chi connectivity index (χ3n) is 3.56. The van der Waals surface area contributed by atoms with Gasteiger partial charge in [0, 0.05) is 32.6 Å². The van der Waals surface area contributed by atoms with Gasteiger partial charge in [-0.15, -0.1) is 24.0 Å². The fourth-order valence-corrected chi connectivity index (χ4v) is 2.36. The van der Waals surface area contributed by atoms with Gasteiger partial charge in [-0.3, -0.25) is 0 Å². The van der Waals surface area contributed by atoms with Crippen LogP contribution in [-0.2, 0) is 11.3 Å². The molecule has 1 unspecified atom stereocenters. The van der Waals surface area contributed by atoms with Crippen LogP contribution in [0, 0.1) is 6.92 Å². The summed E-state index contributed by atoms with van der Waals surface area (Å²) in [5.74, 6) is 1.81. The van der Waals surface area contributed by atoms with Crippen molar-refractivity contribution in [1.82, 2.24) is 10.2 Å². The molecule has 0 bridgehead atoms. The quantitative estimate of drug-likeness (QED) is 0.441. The largest absolute Gasteiger partial charge is 0.488 e. The zero-order valence-corrected chi connectivity index (χ0v) is 16.8. The number of aryl methyl sites for hydroxylation is 1. The van der Waals surface area contributed by atoms with Crippen molar-refractivity contribution in [3.05, 3.63) is 29.3 Å². The molecule has 1 aliphatic rings. The zero-order chi connectivity index (χ0) is 15.9. The molecule has 23 heavy (non-hydrogen) atoms. The fourth-order valence-electron chi connectivity index (χ4n) is 2.36. The van der Waals surface area contributed by atoms with E-state index in [2.05, 4.69) is 42.4 Å². The van der Waals surface area contributed by atoms with Gasteiger partial charge >= 0.3 is 0 Å². The van der Waals surface area contributed by atoms with Crippen LogP contribution in [-0.4, -0.2) is 50.8 Å². The molecule has 2 rings (SSSR count). The molecule has 0 radical (unpaired) electrons. The maximum atomic E-state index is 6.11. The second-order valence-electron chi connectivity index (χ2n) is 5.78. The van der Waals surface area contributed by atoms with E-state index >= 15 is 0 Å². The molecular weight excluding hydrogens is 405 g/mol. The summed E-state index contributed by atoms with van der Waals surface area (Å²) in [5.41, 5.74) is 2.30. The molecule has 0 saturated carbocycles. The summed E-state index contributed by atoms with van der Waals surface area (Å²) in [5, 5.41) is 3.27. The number of nitrogens with zero attached hydrogens (tertiary/aromatic N) is 2. The van der Waals surface area contributed by atoms with Gasteiger partial charge in [0.05, 0.1) is 19.8 Å². The van der Waals surface area contributed by atoms with E-state index in [-0.39, 0.29) is 30.1 Å². The van der Waals surface area contributed by atoms with Gasteiger partial charge in [-0.1, -0.05) is 12.1 Å². The Morgan fingerprint density at radius 1 is 1.43 bits per heavy atom. The van der Waals surface area contributed by atoms with Crippen molar-refractivity contribution in [2.45, 2.75) is 32.9 Å². The number of hydrogen-bond donors (Lipinski definition) is 1. The highest BCUT2D eigenvalue weighted by molar-refractivity contribution is 14.0. The monoisotopic (exact) mass is 433 g/mol. The number of aliphatic imine (C=N–C) groups is 1. The van der Waals surface area contributed by atoms with Crippen LogP contribution in [0.4, 0.5) is 0 Å². The van der Waals surface area contributed by atoms with Crippen molar-refractivity contribution in [3.8, 4) is 5.75 Å². The average molecular weight is 433 g/mol. The highest BCUT2D eigenvalue weighted by atomic mass is 127. The van der Waals surface area contributed by atoms with Crippen molar-refractivity contribution in [2.24, 2.45) is 4.99 Å². The summed E-state index contributed by atoms with van der Waals surface area (Å²) in [4.78, 5) is 6.66. The number of guanidine groups is 1. The lowest BCUT2D eigenvalue weighted by atomic mass is 10.1. The number of halogens is 1. The van der Waals surface area contributed by atoms with Crippen molar-refractivity contribution >= 4 is 29.9 Å². The van der Waals surface area contributed by atoms with E-state index < -0.39 is 0 Å². The van der Waals surface area contributed by atoms with Crippen LogP contribution in [0.2, 0.25) is 0 Å². The minimum absolute atomic E-state index is 0. The molecule has 1 heterocycles. The summed E-state index contributed by atoms with van der Waals surface area (Å²) in [6.45, 7) is 7.07. The molecule has 1 saturated heterocycles. The summed E-state index contributed by atoms with van der Waals surface area (Å²) < 4.78 is 11.5. The Bertz CT molecular complexity index is 515. The Hall–Kier alpha value is -1.02. The maximum absolute atomic E-state index is 6.11. The van der Waals surface area contributed by atoms with E-state index in [0.717, 1.165) is 36.8 Å². The van der Waals surface area contributed by atoms with E-state index in [0.29, 0.717) is 13.2 Å². The van der Waals surface area contributed by atoms with E-state index in [1.807, 2.05) is 19.0 Å². The predicted molar refractivity (Wildman–Crippen MR) is 105 cm³/mol. The van der Waals surface area contributed by atoms with Crippen LogP contribution >= 0.6 is 24.0 Å². The van der Waals surface area contributed by atoms with Crippen molar-refractivity contribution in [3.63, 3.8) is 0 Å². The van der Waals surface area contributed by atoms with Gasteiger partial charge in [-0.05, 0) is 25.5 Å². The number of ether oxygens (including phenoxy) is 2. The van der Waals surface area contributed by atoms with Gasteiger partial charge in [0.2, 0.25) is 0 Å². The average Bonchev–Trinajstić information content (AvgIpc) is 2.97. The van der Waals surface area contributed by atoms with Gasteiger partial charge in [0.15, 0.2) is 5.96 Å². The Morgan fingerprint density at radius 2 is 2.22 bits per heavy atom. The molecule has 130 valence electrons. The fraction of sp³-hybridized carbons (Fsp3) is 0.588. The molecule has 1 N–H and O–H groups in total. The van der Waals surface area contributed by atoms with Crippen molar-refractivity contribution in [1.29, 1.82) is 0 Å². The van der Waals surface area contributed by atoms with Crippen molar-refractivity contribution < 1.29 is 9.47 Å². The molecule has 0 aliphatic carbocycles. The molecule has 1 aromatic carbocycles. The van der Waals surface area contributed by atoms with Crippen LogP contribution in [0.15, 0.2) is 23.2 Å². The summed E-state index contributed by atoms with van der Waals surface area (Å²) in [6, 6.07) is 6.29. The van der Waals surface area contributed by atoms with Crippen LogP contribution in [0.1, 0.15) is 24.5 Å². The molecule has 1 aromatic rings. The van der Waals surface area contributed by atoms with E-state index in [1.54, 1.807) is 0 Å². The third-order valence-corrected chi connectivity index (χ3v) is 3.56. The second-order valence-corrected chi connectivity index (χ2v) is 5.78. The molecule has 0 amide bonds. The lowest BCUT2D eigenvalue weighted by Gasteiger charge is -2.18. The highest BCUT2D eigenvalue weighted by Gasteiger charge is 2.18. The number of nitrogens with one attached hydrogen (secondary N) is 1. The van der Waals surface area contributed by atoms with Crippen LogP contribution in [0.25, 0.3) is 0 Å². The van der Waals surface area contributed by atoms with Gasteiger partial charge in [-0.25, -0.2) is 4.99 Å². The molecule has 6 heteroatoms. The maximum Gasteiger partial charge on any atom is 0.193 e. The molecule has 5 nitrogen and oxygen atoms in total. The van der Waals surface area contributed by atoms with E-state index in [1.165, 1.54) is 5.56 Å². The minimum Gasteiger partial charge on any atom is -0.488 e. The number of hydrogen-bond acceptors (Lipinski definition) is 3.